The van der Waals surface area contributed by atoms with Crippen LogP contribution in [0.5, 0.6) is 5.75 Å². The summed E-state index contributed by atoms with van der Waals surface area (Å²) in [4.78, 5) is 13.0. The molecule has 1 aromatic rings. The highest BCUT2D eigenvalue weighted by molar-refractivity contribution is 7.99. The van der Waals surface area contributed by atoms with Crippen LogP contribution in [0.25, 0.3) is 0 Å². The van der Waals surface area contributed by atoms with Crippen LogP contribution in [0.3, 0.4) is 0 Å². The summed E-state index contributed by atoms with van der Waals surface area (Å²) in [5.74, 6) is 1.72. The van der Waals surface area contributed by atoms with Gasteiger partial charge in [0.1, 0.15) is 5.75 Å². The van der Waals surface area contributed by atoms with Crippen molar-refractivity contribution in [3.63, 3.8) is 0 Å². The van der Waals surface area contributed by atoms with Gasteiger partial charge in [-0.2, -0.15) is 0 Å². The summed E-state index contributed by atoms with van der Waals surface area (Å²) in [5, 5.41) is 12.5. The topological polar surface area (TPSA) is 58.6 Å². The van der Waals surface area contributed by atoms with E-state index in [2.05, 4.69) is 5.32 Å². The number of benzene rings is 1. The first-order valence-corrected chi connectivity index (χ1v) is 8.40. The molecule has 0 aliphatic heterocycles. The Kier molecular flexibility index (Phi) is 6.39. The molecule has 0 unspecified atom stereocenters. The van der Waals surface area contributed by atoms with E-state index >= 15 is 0 Å². The van der Waals surface area contributed by atoms with Crippen LogP contribution in [0.15, 0.2) is 29.2 Å². The van der Waals surface area contributed by atoms with Gasteiger partial charge in [0.25, 0.3) is 0 Å². The fourth-order valence-corrected chi connectivity index (χ4v) is 3.31. The fourth-order valence-electron chi connectivity index (χ4n) is 2.45. The summed E-state index contributed by atoms with van der Waals surface area (Å²) in [7, 11) is 1.65. The minimum absolute atomic E-state index is 0.109. The predicted molar refractivity (Wildman–Crippen MR) is 84.7 cm³/mol. The summed E-state index contributed by atoms with van der Waals surface area (Å²) in [6, 6.07) is 8.10. The first-order chi connectivity index (χ1) is 10.2. The van der Waals surface area contributed by atoms with E-state index in [1.807, 2.05) is 24.3 Å². The zero-order valence-electron chi connectivity index (χ0n) is 12.4. The maximum atomic E-state index is 11.9. The van der Waals surface area contributed by atoms with E-state index in [9.17, 15) is 9.90 Å². The number of methoxy groups -OCH3 is 1. The van der Waals surface area contributed by atoms with Gasteiger partial charge in [-0.3, -0.25) is 4.79 Å². The molecule has 5 heteroatoms. The lowest BCUT2D eigenvalue weighted by Crippen LogP contribution is -2.38. The standard InChI is InChI=1S/C16H23NO3S/c1-20-14-6-8-15(9-7-14)21-11-10-16(19)17-12-2-4-13(18)5-3-12/h6-9,12-13,18H,2-5,10-11H2,1H3,(H,17,19). The summed E-state index contributed by atoms with van der Waals surface area (Å²) < 4.78 is 5.11. The Bertz CT molecular complexity index is 441. The maximum absolute atomic E-state index is 11.9. The van der Waals surface area contributed by atoms with Crippen molar-refractivity contribution >= 4 is 17.7 Å². The molecule has 0 saturated heterocycles. The van der Waals surface area contributed by atoms with Gasteiger partial charge in [0, 0.05) is 23.1 Å². The van der Waals surface area contributed by atoms with Crippen LogP contribution in [-0.4, -0.2) is 36.0 Å². The fraction of sp³-hybridized carbons (Fsp3) is 0.562. The van der Waals surface area contributed by atoms with Crippen LogP contribution in [0, 0.1) is 0 Å². The number of aliphatic hydroxyl groups is 1. The molecular weight excluding hydrogens is 286 g/mol. The molecule has 0 atom stereocenters. The van der Waals surface area contributed by atoms with Gasteiger partial charge in [0.2, 0.25) is 5.91 Å². The average Bonchev–Trinajstić information content (AvgIpc) is 2.50. The Labute approximate surface area is 130 Å². The lowest BCUT2D eigenvalue weighted by molar-refractivity contribution is -0.121. The van der Waals surface area contributed by atoms with E-state index in [0.29, 0.717) is 6.42 Å². The lowest BCUT2D eigenvalue weighted by atomic mass is 9.93. The van der Waals surface area contributed by atoms with E-state index in [1.165, 1.54) is 0 Å². The van der Waals surface area contributed by atoms with Crippen LogP contribution in [0.1, 0.15) is 32.1 Å². The minimum atomic E-state index is -0.177. The minimum Gasteiger partial charge on any atom is -0.497 e. The van der Waals surface area contributed by atoms with Gasteiger partial charge in [-0.1, -0.05) is 0 Å². The first kappa shape index (κ1) is 16.2. The van der Waals surface area contributed by atoms with E-state index in [0.717, 1.165) is 42.1 Å². The largest absolute Gasteiger partial charge is 0.497 e. The smallest absolute Gasteiger partial charge is 0.221 e. The Morgan fingerprint density at radius 2 is 1.95 bits per heavy atom. The Morgan fingerprint density at radius 3 is 2.57 bits per heavy atom. The van der Waals surface area contributed by atoms with E-state index in [4.69, 9.17) is 4.74 Å². The van der Waals surface area contributed by atoms with E-state index < -0.39 is 0 Å². The maximum Gasteiger partial charge on any atom is 0.221 e. The molecular formula is C16H23NO3S. The molecule has 1 amide bonds. The van der Waals surface area contributed by atoms with Gasteiger partial charge >= 0.3 is 0 Å². The van der Waals surface area contributed by atoms with E-state index in [-0.39, 0.29) is 18.1 Å². The molecule has 0 heterocycles. The number of carbonyl (C=O) groups excluding carboxylic acids is 1. The molecule has 2 N–H and O–H groups in total. The Hall–Kier alpha value is -1.20. The second-order valence-corrected chi connectivity index (χ2v) is 6.52. The molecule has 4 nitrogen and oxygen atoms in total. The van der Waals surface area contributed by atoms with Crippen molar-refractivity contribution in [2.75, 3.05) is 12.9 Å². The molecule has 0 radical (unpaired) electrons. The van der Waals surface area contributed by atoms with Crippen LogP contribution in [0.2, 0.25) is 0 Å². The number of nitrogens with one attached hydrogen (secondary N) is 1. The van der Waals surface area contributed by atoms with Crippen molar-refractivity contribution in [1.29, 1.82) is 0 Å². The molecule has 2 rings (SSSR count). The first-order valence-electron chi connectivity index (χ1n) is 7.41. The monoisotopic (exact) mass is 309 g/mol. The third-order valence-electron chi connectivity index (χ3n) is 3.72. The average molecular weight is 309 g/mol. The molecule has 1 saturated carbocycles. The van der Waals surface area contributed by atoms with Crippen molar-refractivity contribution in [3.8, 4) is 5.75 Å². The second-order valence-electron chi connectivity index (χ2n) is 5.35. The molecule has 1 aliphatic rings. The molecule has 0 spiro atoms. The summed E-state index contributed by atoms with van der Waals surface area (Å²) in [6.07, 6.45) is 3.72. The molecule has 1 aromatic carbocycles. The highest BCUT2D eigenvalue weighted by atomic mass is 32.2. The van der Waals surface area contributed by atoms with Crippen molar-refractivity contribution in [2.24, 2.45) is 0 Å². The quantitative estimate of drug-likeness (QED) is 0.793. The van der Waals surface area contributed by atoms with Crippen molar-refractivity contribution in [3.05, 3.63) is 24.3 Å². The van der Waals surface area contributed by atoms with Crippen LogP contribution in [-0.2, 0) is 4.79 Å². The lowest BCUT2D eigenvalue weighted by Gasteiger charge is -2.26. The van der Waals surface area contributed by atoms with Gasteiger partial charge in [-0.25, -0.2) is 0 Å². The van der Waals surface area contributed by atoms with Crippen molar-refractivity contribution in [1.82, 2.24) is 5.32 Å². The third-order valence-corrected chi connectivity index (χ3v) is 4.73. The second kappa shape index (κ2) is 8.29. The Morgan fingerprint density at radius 1 is 1.29 bits per heavy atom. The number of hydrogen-bond donors (Lipinski definition) is 2. The zero-order valence-corrected chi connectivity index (χ0v) is 13.2. The number of ether oxygens (including phenoxy) is 1. The summed E-state index contributed by atoms with van der Waals surface area (Å²) >= 11 is 1.67. The number of thioether (sulfide) groups is 1. The van der Waals surface area contributed by atoms with Gasteiger partial charge < -0.3 is 15.2 Å². The zero-order chi connectivity index (χ0) is 15.1. The van der Waals surface area contributed by atoms with Crippen LogP contribution >= 0.6 is 11.8 Å². The van der Waals surface area contributed by atoms with Gasteiger partial charge in [-0.05, 0) is 49.9 Å². The van der Waals surface area contributed by atoms with Crippen molar-refractivity contribution in [2.45, 2.75) is 49.1 Å². The van der Waals surface area contributed by atoms with E-state index in [1.54, 1.807) is 18.9 Å². The molecule has 116 valence electrons. The third kappa shape index (κ3) is 5.59. The van der Waals surface area contributed by atoms with Crippen LogP contribution in [0.4, 0.5) is 0 Å². The Balaban J connectivity index is 1.64. The van der Waals surface area contributed by atoms with Gasteiger partial charge in [0.15, 0.2) is 0 Å². The van der Waals surface area contributed by atoms with Crippen molar-refractivity contribution < 1.29 is 14.6 Å². The van der Waals surface area contributed by atoms with Crippen LogP contribution < -0.4 is 10.1 Å². The van der Waals surface area contributed by atoms with Gasteiger partial charge in [-0.15, -0.1) is 11.8 Å². The normalized spacial score (nSPS) is 21.8. The summed E-state index contributed by atoms with van der Waals surface area (Å²) in [6.45, 7) is 0. The number of carbonyl (C=O) groups is 1. The predicted octanol–water partition coefficient (Wildman–Crippen LogP) is 2.60. The number of hydrogen-bond acceptors (Lipinski definition) is 4. The highest BCUT2D eigenvalue weighted by Crippen LogP contribution is 2.22. The SMILES string of the molecule is COc1ccc(SCCC(=O)NC2CCC(O)CC2)cc1. The number of rotatable bonds is 6. The van der Waals surface area contributed by atoms with Gasteiger partial charge in [0.05, 0.1) is 13.2 Å². The number of aliphatic hydroxyl groups excluding tert-OH is 1. The summed E-state index contributed by atoms with van der Waals surface area (Å²) in [5.41, 5.74) is 0. The molecule has 21 heavy (non-hydrogen) atoms. The number of amides is 1. The molecule has 0 aromatic heterocycles. The molecule has 1 aliphatic carbocycles. The molecule has 0 bridgehead atoms. The molecule has 1 fully saturated rings. The highest BCUT2D eigenvalue weighted by Gasteiger charge is 2.20.